The molecule has 4 rings (SSSR count). The van der Waals surface area contributed by atoms with Gasteiger partial charge in [0.1, 0.15) is 6.04 Å². The van der Waals surface area contributed by atoms with Gasteiger partial charge in [-0.3, -0.25) is 9.69 Å². The van der Waals surface area contributed by atoms with Crippen LogP contribution in [0.3, 0.4) is 0 Å². The molecule has 1 aliphatic heterocycles. The maximum absolute atomic E-state index is 13.0. The lowest BCUT2D eigenvalue weighted by atomic mass is 9.91. The van der Waals surface area contributed by atoms with Crippen LogP contribution in [0.1, 0.15) is 42.0 Å². The number of benzene rings is 2. The summed E-state index contributed by atoms with van der Waals surface area (Å²) in [5.41, 5.74) is 0.914. The number of carbonyl (C=O) groups is 1. The summed E-state index contributed by atoms with van der Waals surface area (Å²) < 4.78 is 40.2. The average Bonchev–Trinajstić information content (AvgIpc) is 3.12. The number of likely N-dealkylation sites (tertiary alicyclic amines) is 1. The number of rotatable bonds is 4. The fourth-order valence-electron chi connectivity index (χ4n) is 4.14. The molecule has 1 N–H and O–H groups in total. The Hall–Kier alpha value is -2.38. The van der Waals surface area contributed by atoms with E-state index in [1.807, 2.05) is 34.5 Å². The lowest BCUT2D eigenvalue weighted by Gasteiger charge is -2.39. The van der Waals surface area contributed by atoms with Crippen molar-refractivity contribution < 1.29 is 23.1 Å². The molecule has 0 bridgehead atoms. The van der Waals surface area contributed by atoms with Gasteiger partial charge >= 0.3 is 12.1 Å². The maximum Gasteiger partial charge on any atom is 0.416 e. The van der Waals surface area contributed by atoms with Gasteiger partial charge in [-0.2, -0.15) is 13.2 Å². The third kappa shape index (κ3) is 3.89. The van der Waals surface area contributed by atoms with Gasteiger partial charge in [-0.15, -0.1) is 11.3 Å². The van der Waals surface area contributed by atoms with Gasteiger partial charge in [0.25, 0.3) is 0 Å². The molecular formula is C22H20F3NO2S. The molecule has 3 nitrogen and oxygen atoms in total. The molecule has 2 atom stereocenters. The normalized spacial score (nSPS) is 19.3. The Kier molecular flexibility index (Phi) is 5.36. The fourth-order valence-corrected chi connectivity index (χ4v) is 5.12. The van der Waals surface area contributed by atoms with E-state index in [0.717, 1.165) is 40.6 Å². The monoisotopic (exact) mass is 419 g/mol. The first-order valence-electron chi connectivity index (χ1n) is 9.48. The standard InChI is InChI=1S/C22H20F3NO2S/c23-22(24,25)15-10-8-14(9-11-15)20(26-12-4-3-6-18(26)21(27)28)17-13-29-19-7-2-1-5-16(17)19/h1-2,5,7-11,13,18,20H,3-4,6,12H2,(H,27,28). The summed E-state index contributed by atoms with van der Waals surface area (Å²) in [4.78, 5) is 13.9. The van der Waals surface area contributed by atoms with Crippen LogP contribution in [0.25, 0.3) is 10.1 Å². The number of carboxylic acid groups (broad SMARTS) is 1. The SMILES string of the molecule is O=C(O)C1CCCCN1C(c1ccc(C(F)(F)F)cc1)c1csc2ccccc12. The molecule has 29 heavy (non-hydrogen) atoms. The van der Waals surface area contributed by atoms with Gasteiger partial charge in [0.15, 0.2) is 0 Å². The molecule has 2 heterocycles. The highest BCUT2D eigenvalue weighted by molar-refractivity contribution is 7.17. The molecule has 0 spiro atoms. The van der Waals surface area contributed by atoms with Crippen LogP contribution in [0.4, 0.5) is 13.2 Å². The Labute approximate surface area is 170 Å². The second kappa shape index (κ2) is 7.80. The van der Waals surface area contributed by atoms with Crippen LogP contribution < -0.4 is 0 Å². The minimum Gasteiger partial charge on any atom is -0.480 e. The topological polar surface area (TPSA) is 40.5 Å². The molecule has 1 aromatic heterocycles. The highest BCUT2D eigenvalue weighted by atomic mass is 32.1. The molecule has 1 aliphatic rings. The minimum atomic E-state index is -4.40. The van der Waals surface area contributed by atoms with E-state index in [9.17, 15) is 23.1 Å². The van der Waals surface area contributed by atoms with E-state index in [2.05, 4.69) is 0 Å². The molecule has 2 unspecified atom stereocenters. The Balaban J connectivity index is 1.84. The van der Waals surface area contributed by atoms with Crippen molar-refractivity contribution in [3.05, 3.63) is 70.6 Å². The molecule has 3 aromatic rings. The van der Waals surface area contributed by atoms with Crippen molar-refractivity contribution in [2.75, 3.05) is 6.54 Å². The summed E-state index contributed by atoms with van der Waals surface area (Å²) in [6.07, 6.45) is -2.17. The average molecular weight is 419 g/mol. The second-order valence-electron chi connectivity index (χ2n) is 7.30. The third-order valence-corrected chi connectivity index (χ3v) is 6.50. The summed E-state index contributed by atoms with van der Waals surface area (Å²) in [6, 6.07) is 11.9. The predicted molar refractivity (Wildman–Crippen MR) is 107 cm³/mol. The molecule has 1 fully saturated rings. The number of piperidine rings is 1. The molecule has 0 aliphatic carbocycles. The van der Waals surface area contributed by atoms with E-state index in [1.165, 1.54) is 12.1 Å². The van der Waals surface area contributed by atoms with E-state index >= 15 is 0 Å². The largest absolute Gasteiger partial charge is 0.480 e. The Bertz CT molecular complexity index is 1010. The Morgan fingerprint density at radius 1 is 1.10 bits per heavy atom. The van der Waals surface area contributed by atoms with Crippen molar-refractivity contribution in [1.82, 2.24) is 4.90 Å². The summed E-state index contributed by atoms with van der Waals surface area (Å²) in [7, 11) is 0. The number of thiophene rings is 1. The highest BCUT2D eigenvalue weighted by Crippen LogP contribution is 2.40. The zero-order valence-corrected chi connectivity index (χ0v) is 16.3. The van der Waals surface area contributed by atoms with Crippen LogP contribution >= 0.6 is 11.3 Å². The quantitative estimate of drug-likeness (QED) is 0.568. The molecule has 0 saturated carbocycles. The first kappa shape index (κ1) is 19.9. The predicted octanol–water partition coefficient (Wildman–Crippen LogP) is 5.95. The Morgan fingerprint density at radius 2 is 1.83 bits per heavy atom. The highest BCUT2D eigenvalue weighted by Gasteiger charge is 2.37. The number of nitrogens with zero attached hydrogens (tertiary/aromatic N) is 1. The van der Waals surface area contributed by atoms with Gasteiger partial charge in [0.05, 0.1) is 11.6 Å². The summed E-state index contributed by atoms with van der Waals surface area (Å²) in [6.45, 7) is 0.590. The third-order valence-electron chi connectivity index (χ3n) is 5.52. The van der Waals surface area contributed by atoms with Crippen molar-refractivity contribution >= 4 is 27.4 Å². The first-order chi connectivity index (χ1) is 13.9. The molecule has 0 amide bonds. The van der Waals surface area contributed by atoms with Crippen LogP contribution in [0.2, 0.25) is 0 Å². The van der Waals surface area contributed by atoms with Crippen molar-refractivity contribution in [3.8, 4) is 0 Å². The lowest BCUT2D eigenvalue weighted by Crippen LogP contribution is -2.46. The number of halogens is 3. The number of hydrogen-bond donors (Lipinski definition) is 1. The van der Waals surface area contributed by atoms with Gasteiger partial charge in [-0.1, -0.05) is 36.8 Å². The van der Waals surface area contributed by atoms with E-state index in [4.69, 9.17) is 0 Å². The van der Waals surface area contributed by atoms with Gasteiger partial charge < -0.3 is 5.11 Å². The number of fused-ring (bicyclic) bond motifs is 1. The minimum absolute atomic E-state index is 0.408. The molecule has 2 aromatic carbocycles. The molecule has 7 heteroatoms. The maximum atomic E-state index is 13.0. The zero-order valence-electron chi connectivity index (χ0n) is 15.5. The molecule has 0 radical (unpaired) electrons. The van der Waals surface area contributed by atoms with Crippen molar-refractivity contribution in [3.63, 3.8) is 0 Å². The van der Waals surface area contributed by atoms with Crippen LogP contribution in [0, 0.1) is 0 Å². The van der Waals surface area contributed by atoms with Crippen LogP contribution in [0.15, 0.2) is 53.9 Å². The van der Waals surface area contributed by atoms with Gasteiger partial charge in [-0.25, -0.2) is 0 Å². The van der Waals surface area contributed by atoms with E-state index in [0.29, 0.717) is 18.5 Å². The molecule has 1 saturated heterocycles. The van der Waals surface area contributed by atoms with Crippen molar-refractivity contribution in [1.29, 1.82) is 0 Å². The van der Waals surface area contributed by atoms with Gasteiger partial charge in [-0.05, 0) is 59.5 Å². The lowest BCUT2D eigenvalue weighted by molar-refractivity contribution is -0.145. The number of alkyl halides is 3. The van der Waals surface area contributed by atoms with Gasteiger partial charge in [0.2, 0.25) is 0 Å². The first-order valence-corrected chi connectivity index (χ1v) is 10.4. The van der Waals surface area contributed by atoms with Gasteiger partial charge in [0, 0.05) is 4.70 Å². The van der Waals surface area contributed by atoms with Crippen molar-refractivity contribution in [2.24, 2.45) is 0 Å². The van der Waals surface area contributed by atoms with Crippen molar-refractivity contribution in [2.45, 2.75) is 37.5 Å². The summed E-state index contributed by atoms with van der Waals surface area (Å²) in [5, 5.41) is 12.8. The Morgan fingerprint density at radius 3 is 2.52 bits per heavy atom. The number of aliphatic carboxylic acids is 1. The van der Waals surface area contributed by atoms with Crippen LogP contribution in [0.5, 0.6) is 0 Å². The molecule has 152 valence electrons. The van der Waals surface area contributed by atoms with E-state index < -0.39 is 29.8 Å². The van der Waals surface area contributed by atoms with Crippen LogP contribution in [-0.2, 0) is 11.0 Å². The van der Waals surface area contributed by atoms with Crippen LogP contribution in [-0.4, -0.2) is 28.6 Å². The fraction of sp³-hybridized carbons (Fsp3) is 0.318. The zero-order chi connectivity index (χ0) is 20.6. The number of hydrogen-bond acceptors (Lipinski definition) is 3. The summed E-state index contributed by atoms with van der Waals surface area (Å²) >= 11 is 1.56. The van der Waals surface area contributed by atoms with E-state index in [1.54, 1.807) is 11.3 Å². The molecular weight excluding hydrogens is 399 g/mol. The summed E-state index contributed by atoms with van der Waals surface area (Å²) in [5.74, 6) is -0.888. The second-order valence-corrected chi connectivity index (χ2v) is 8.21. The number of carboxylic acids is 1. The smallest absolute Gasteiger partial charge is 0.416 e. The van der Waals surface area contributed by atoms with E-state index in [-0.39, 0.29) is 0 Å².